The summed E-state index contributed by atoms with van der Waals surface area (Å²) in [6.45, 7) is 7.30. The minimum absolute atomic E-state index is 0.0581. The molecule has 1 aromatic heterocycles. The third kappa shape index (κ3) is 10.3. The molecule has 0 spiro atoms. The van der Waals surface area contributed by atoms with Crippen LogP contribution in [-0.2, 0) is 28.4 Å². The second kappa shape index (κ2) is 12.6. The van der Waals surface area contributed by atoms with Gasteiger partial charge in [-0.1, -0.05) is 12.1 Å². The Balaban J connectivity index is 0.000000306. The number of amides is 1. The molecule has 0 aliphatic heterocycles. The summed E-state index contributed by atoms with van der Waals surface area (Å²) in [6.07, 6.45) is -9.33. The van der Waals surface area contributed by atoms with Crippen LogP contribution in [0.4, 0.5) is 31.1 Å². The maximum atomic E-state index is 12.5. The molecule has 3 N–H and O–H groups in total. The largest absolute Gasteiger partial charge is 0.478 e. The Bertz CT molecular complexity index is 1230. The van der Waals surface area contributed by atoms with Gasteiger partial charge in [0.25, 0.3) is 0 Å². The zero-order valence-electron chi connectivity index (χ0n) is 21.4. The summed E-state index contributed by atoms with van der Waals surface area (Å²) in [5.41, 5.74) is -1.28. The fraction of sp³-hybridized carbons (Fsp3) is 0.360. The molecule has 14 heteroatoms. The molecular formula is C25H27F6N5O3. The Morgan fingerprint density at radius 1 is 0.897 bits per heavy atom. The van der Waals surface area contributed by atoms with Gasteiger partial charge in [0.2, 0.25) is 5.90 Å². The third-order valence-electron chi connectivity index (χ3n) is 4.58. The number of aromatic amines is 1. The number of nitrogens with one attached hydrogen (secondary N) is 3. The smallest absolute Gasteiger partial charge is 0.416 e. The van der Waals surface area contributed by atoms with E-state index in [4.69, 9.17) is 14.9 Å². The highest BCUT2D eigenvalue weighted by molar-refractivity contribution is 5.91. The van der Waals surface area contributed by atoms with Crippen molar-refractivity contribution in [3.8, 4) is 11.4 Å². The number of alkyl halides is 6. The summed E-state index contributed by atoms with van der Waals surface area (Å²) >= 11 is 0. The van der Waals surface area contributed by atoms with Crippen molar-refractivity contribution in [1.82, 2.24) is 20.5 Å². The topological polar surface area (TPSA) is 113 Å². The van der Waals surface area contributed by atoms with Gasteiger partial charge < -0.3 is 19.8 Å². The van der Waals surface area contributed by atoms with Crippen LogP contribution in [-0.4, -0.2) is 39.4 Å². The Morgan fingerprint density at radius 2 is 1.41 bits per heavy atom. The molecule has 0 saturated heterocycles. The second-order valence-electron chi connectivity index (χ2n) is 8.89. The molecule has 8 nitrogen and oxygen atoms in total. The van der Waals surface area contributed by atoms with Gasteiger partial charge in [-0.2, -0.15) is 26.3 Å². The molecule has 3 rings (SSSR count). The number of aromatic nitrogens is 3. The molecule has 0 aliphatic carbocycles. The van der Waals surface area contributed by atoms with Crippen LogP contribution in [0.2, 0.25) is 0 Å². The average Bonchev–Trinajstić information content (AvgIpc) is 3.31. The predicted octanol–water partition coefficient (Wildman–Crippen LogP) is 6.58. The Kier molecular flexibility index (Phi) is 10.1. The van der Waals surface area contributed by atoms with Crippen LogP contribution >= 0.6 is 0 Å². The molecule has 39 heavy (non-hydrogen) atoms. The van der Waals surface area contributed by atoms with Crippen molar-refractivity contribution >= 4 is 12.0 Å². The van der Waals surface area contributed by atoms with E-state index in [1.54, 1.807) is 27.7 Å². The highest BCUT2D eigenvalue weighted by atomic mass is 19.4. The van der Waals surface area contributed by atoms with Crippen LogP contribution in [0.15, 0.2) is 48.5 Å². The molecule has 0 bridgehead atoms. The van der Waals surface area contributed by atoms with Gasteiger partial charge in [0, 0.05) is 11.1 Å². The van der Waals surface area contributed by atoms with Gasteiger partial charge in [-0.25, -0.2) is 4.79 Å². The van der Waals surface area contributed by atoms with Crippen molar-refractivity contribution in [2.75, 3.05) is 6.61 Å². The Hall–Kier alpha value is -4.10. The standard InChI is InChI=1S/C15H17F3N4O2.C10H10F3NO/c1-14(2,3)24-13(23)19-8-11-20-12(22-21-11)9-4-6-10(7-5-9)15(16,17)18;1-2-15-9(14)7-3-5-8(6-4-7)10(11,12)13/h4-7H,8H2,1-3H3,(H,19,23)(H,20,21,22);3-6,14H,2H2,1H3. The molecule has 212 valence electrons. The van der Waals surface area contributed by atoms with Crippen LogP contribution in [0.1, 0.15) is 50.2 Å². The number of H-pyrrole nitrogens is 1. The summed E-state index contributed by atoms with van der Waals surface area (Å²) in [6, 6.07) is 8.85. The van der Waals surface area contributed by atoms with Crippen molar-refractivity contribution in [3.63, 3.8) is 0 Å². The zero-order valence-corrected chi connectivity index (χ0v) is 21.4. The first-order valence-electron chi connectivity index (χ1n) is 11.4. The molecular weight excluding hydrogens is 532 g/mol. The van der Waals surface area contributed by atoms with E-state index in [9.17, 15) is 31.1 Å². The fourth-order valence-corrected chi connectivity index (χ4v) is 2.83. The van der Waals surface area contributed by atoms with Gasteiger partial charge in [0.15, 0.2) is 5.82 Å². The summed E-state index contributed by atoms with van der Waals surface area (Å²) in [4.78, 5) is 14.4. The van der Waals surface area contributed by atoms with E-state index in [-0.39, 0.29) is 12.4 Å². The maximum absolute atomic E-state index is 12.5. The molecule has 0 unspecified atom stereocenters. The second-order valence-corrected chi connectivity index (χ2v) is 8.89. The number of benzene rings is 2. The number of alkyl carbamates (subject to hydrolysis) is 1. The molecule has 1 amide bonds. The minimum atomic E-state index is -4.39. The summed E-state index contributed by atoms with van der Waals surface area (Å²) < 4.78 is 84.1. The van der Waals surface area contributed by atoms with E-state index in [0.29, 0.717) is 29.4 Å². The summed E-state index contributed by atoms with van der Waals surface area (Å²) in [5.74, 6) is 0.548. The Morgan fingerprint density at radius 3 is 1.87 bits per heavy atom. The van der Waals surface area contributed by atoms with E-state index in [2.05, 4.69) is 20.5 Å². The minimum Gasteiger partial charge on any atom is -0.478 e. The lowest BCUT2D eigenvalue weighted by atomic mass is 10.1. The normalized spacial score (nSPS) is 11.7. The molecule has 0 atom stereocenters. The number of rotatable bonds is 5. The first-order chi connectivity index (χ1) is 18.0. The quantitative estimate of drug-likeness (QED) is 0.186. The van der Waals surface area contributed by atoms with Gasteiger partial charge in [0.05, 0.1) is 24.3 Å². The van der Waals surface area contributed by atoms with Crippen LogP contribution in [0.5, 0.6) is 0 Å². The van der Waals surface area contributed by atoms with Crippen molar-refractivity contribution < 1.29 is 40.6 Å². The monoisotopic (exact) mass is 559 g/mol. The zero-order chi connectivity index (χ0) is 29.4. The van der Waals surface area contributed by atoms with Crippen molar-refractivity contribution in [2.45, 2.75) is 52.2 Å². The van der Waals surface area contributed by atoms with Gasteiger partial charge >= 0.3 is 18.4 Å². The Labute approximate surface area is 220 Å². The van der Waals surface area contributed by atoms with E-state index in [1.807, 2.05) is 0 Å². The molecule has 0 saturated carbocycles. The number of carbonyl (C=O) groups is 1. The summed E-state index contributed by atoms with van der Waals surface area (Å²) in [5, 5.41) is 17.5. The fourth-order valence-electron chi connectivity index (χ4n) is 2.83. The van der Waals surface area contributed by atoms with Crippen molar-refractivity contribution in [2.24, 2.45) is 0 Å². The van der Waals surface area contributed by atoms with Crippen molar-refractivity contribution in [3.05, 3.63) is 71.0 Å². The number of nitrogens with zero attached hydrogens (tertiary/aromatic N) is 2. The van der Waals surface area contributed by atoms with Gasteiger partial charge in [-0.3, -0.25) is 5.41 Å². The number of halogens is 6. The van der Waals surface area contributed by atoms with Crippen LogP contribution in [0, 0.1) is 5.41 Å². The van der Waals surface area contributed by atoms with Crippen LogP contribution in [0.25, 0.3) is 11.4 Å². The molecule has 0 radical (unpaired) electrons. The summed E-state index contributed by atoms with van der Waals surface area (Å²) in [7, 11) is 0. The van der Waals surface area contributed by atoms with E-state index in [0.717, 1.165) is 24.3 Å². The first kappa shape index (κ1) is 31.1. The van der Waals surface area contributed by atoms with Crippen LogP contribution < -0.4 is 5.32 Å². The highest BCUT2D eigenvalue weighted by Gasteiger charge is 2.31. The molecule has 2 aromatic carbocycles. The molecule has 0 aliphatic rings. The maximum Gasteiger partial charge on any atom is 0.416 e. The molecule has 3 aromatic rings. The van der Waals surface area contributed by atoms with Crippen LogP contribution in [0.3, 0.4) is 0 Å². The number of hydrogen-bond acceptors (Lipinski definition) is 6. The van der Waals surface area contributed by atoms with E-state index < -0.39 is 35.2 Å². The predicted molar refractivity (Wildman–Crippen MR) is 130 cm³/mol. The third-order valence-corrected chi connectivity index (χ3v) is 4.58. The number of ether oxygens (including phenoxy) is 2. The lowest BCUT2D eigenvalue weighted by molar-refractivity contribution is -0.138. The van der Waals surface area contributed by atoms with E-state index in [1.165, 1.54) is 24.3 Å². The highest BCUT2D eigenvalue weighted by Crippen LogP contribution is 2.30. The number of hydrogen-bond donors (Lipinski definition) is 3. The lowest BCUT2D eigenvalue weighted by Gasteiger charge is -2.19. The molecule has 0 fully saturated rings. The first-order valence-corrected chi connectivity index (χ1v) is 11.4. The molecule has 1 heterocycles. The number of carbonyl (C=O) groups excluding carboxylic acids is 1. The van der Waals surface area contributed by atoms with Gasteiger partial charge in [-0.05, 0) is 64.1 Å². The van der Waals surface area contributed by atoms with E-state index >= 15 is 0 Å². The van der Waals surface area contributed by atoms with Gasteiger partial charge in [0.1, 0.15) is 11.4 Å². The van der Waals surface area contributed by atoms with Crippen molar-refractivity contribution in [1.29, 1.82) is 5.41 Å². The lowest BCUT2D eigenvalue weighted by Crippen LogP contribution is -2.32. The van der Waals surface area contributed by atoms with Gasteiger partial charge in [-0.15, -0.1) is 10.2 Å². The average molecular weight is 560 g/mol. The SMILES string of the molecule is CC(C)(C)OC(=O)NCc1nnc(-c2ccc(C(F)(F)F)cc2)[nH]1.CCOC(=N)c1ccc(C(F)(F)F)cc1.